The molecule has 0 aliphatic heterocycles. The number of sulfonamides is 1. The highest BCUT2D eigenvalue weighted by Crippen LogP contribution is 2.30. The third-order valence-electron chi connectivity index (χ3n) is 7.82. The number of rotatable bonds is 15. The molecule has 3 aromatic rings. The van der Waals surface area contributed by atoms with Gasteiger partial charge in [-0.25, -0.2) is 8.42 Å². The largest absolute Gasteiger partial charge is 0.492 e. The molecule has 1 saturated carbocycles. The van der Waals surface area contributed by atoms with Crippen molar-refractivity contribution in [3.63, 3.8) is 0 Å². The molecule has 0 heterocycles. The third kappa shape index (κ3) is 9.56. The maximum absolute atomic E-state index is 14.1. The number of halogens is 1. The summed E-state index contributed by atoms with van der Waals surface area (Å²) in [5.41, 5.74) is 2.30. The summed E-state index contributed by atoms with van der Waals surface area (Å²) in [4.78, 5) is 29.6. The Labute approximate surface area is 270 Å². The molecule has 0 saturated heterocycles. The lowest BCUT2D eigenvalue weighted by Gasteiger charge is -2.33. The summed E-state index contributed by atoms with van der Waals surface area (Å²) in [5.74, 6) is 0.103. The predicted octanol–water partition coefficient (Wildman–Crippen LogP) is 6.09. The molecule has 1 fully saturated rings. The predicted molar refractivity (Wildman–Crippen MR) is 178 cm³/mol. The molecule has 0 aromatic heterocycles. The average Bonchev–Trinajstić information content (AvgIpc) is 3.51. The van der Waals surface area contributed by atoms with E-state index in [0.717, 1.165) is 47.5 Å². The van der Waals surface area contributed by atoms with Crippen LogP contribution in [0, 0.1) is 0 Å². The second kappa shape index (κ2) is 16.1. The van der Waals surface area contributed by atoms with Gasteiger partial charge in [0, 0.05) is 36.4 Å². The molecule has 2 amide bonds. The van der Waals surface area contributed by atoms with Crippen LogP contribution >= 0.6 is 15.9 Å². The minimum atomic E-state index is -3.65. The SMILES string of the molecule is CCOc1ccccc1N(CCCC(=O)N(Cc1ccc(Br)cc1)[C@H](Cc1ccccc1)C(=O)NC1CCCC1)S(C)(=O)=O. The number of nitrogens with zero attached hydrogens (tertiary/aromatic N) is 2. The number of amides is 2. The Morgan fingerprint density at radius 3 is 2.27 bits per heavy atom. The van der Waals surface area contributed by atoms with Gasteiger partial charge < -0.3 is 15.0 Å². The highest BCUT2D eigenvalue weighted by Gasteiger charge is 2.32. The van der Waals surface area contributed by atoms with E-state index in [1.807, 2.05) is 61.5 Å². The van der Waals surface area contributed by atoms with Gasteiger partial charge in [-0.05, 0) is 61.6 Å². The van der Waals surface area contributed by atoms with Crippen molar-refractivity contribution in [2.75, 3.05) is 23.7 Å². The van der Waals surface area contributed by atoms with Crippen molar-refractivity contribution < 1.29 is 22.7 Å². The first kappa shape index (κ1) is 33.5. The molecule has 1 aliphatic carbocycles. The molecule has 4 rings (SSSR count). The van der Waals surface area contributed by atoms with Gasteiger partial charge in [-0.2, -0.15) is 0 Å². The van der Waals surface area contributed by atoms with Crippen LogP contribution < -0.4 is 14.4 Å². The Morgan fingerprint density at radius 1 is 0.955 bits per heavy atom. The van der Waals surface area contributed by atoms with Crippen molar-refractivity contribution in [1.29, 1.82) is 0 Å². The van der Waals surface area contributed by atoms with E-state index in [1.165, 1.54) is 4.31 Å². The van der Waals surface area contributed by atoms with E-state index in [9.17, 15) is 18.0 Å². The van der Waals surface area contributed by atoms with E-state index in [1.54, 1.807) is 29.2 Å². The van der Waals surface area contributed by atoms with E-state index in [4.69, 9.17) is 4.74 Å². The summed E-state index contributed by atoms with van der Waals surface area (Å²) in [5, 5.41) is 3.22. The Morgan fingerprint density at radius 2 is 1.61 bits per heavy atom. The standard InChI is InChI=1S/C34H42BrN3O5S/c1-3-43-32-17-10-9-16-30(32)38(44(2,41)42)23-11-18-33(39)37(25-27-19-21-28(35)22-20-27)31(24-26-12-5-4-6-13-26)34(40)36-29-14-7-8-15-29/h4-6,9-10,12-13,16-17,19-22,29,31H,3,7-8,11,14-15,18,23-25H2,1-2H3,(H,36,40)/t31-/m1/s1. The number of ether oxygens (including phenoxy) is 1. The van der Waals surface area contributed by atoms with Crippen LogP contribution in [0.25, 0.3) is 0 Å². The molecule has 8 nitrogen and oxygen atoms in total. The van der Waals surface area contributed by atoms with Gasteiger partial charge in [-0.15, -0.1) is 0 Å². The molecular weight excluding hydrogens is 642 g/mol. The van der Waals surface area contributed by atoms with Crippen molar-refractivity contribution in [2.24, 2.45) is 0 Å². The number of carbonyl (C=O) groups excluding carboxylic acids is 2. The maximum atomic E-state index is 14.1. The molecule has 0 spiro atoms. The van der Waals surface area contributed by atoms with Crippen molar-refractivity contribution in [1.82, 2.24) is 10.2 Å². The fourth-order valence-electron chi connectivity index (χ4n) is 5.63. The first-order valence-corrected chi connectivity index (χ1v) is 17.9. The van der Waals surface area contributed by atoms with Crippen LogP contribution in [0.3, 0.4) is 0 Å². The fourth-order valence-corrected chi connectivity index (χ4v) is 6.86. The summed E-state index contributed by atoms with van der Waals surface area (Å²) in [6.07, 6.45) is 5.91. The molecule has 0 radical (unpaired) electrons. The van der Waals surface area contributed by atoms with E-state index in [-0.39, 0.29) is 43.8 Å². The Kier molecular flexibility index (Phi) is 12.3. The van der Waals surface area contributed by atoms with Crippen LogP contribution in [-0.2, 0) is 32.6 Å². The minimum absolute atomic E-state index is 0.0708. The van der Waals surface area contributed by atoms with Gasteiger partial charge in [-0.1, -0.05) is 83.4 Å². The van der Waals surface area contributed by atoms with Crippen LogP contribution in [0.2, 0.25) is 0 Å². The number of carbonyl (C=O) groups is 2. The van der Waals surface area contributed by atoms with Crippen LogP contribution in [0.15, 0.2) is 83.3 Å². The number of nitrogens with one attached hydrogen (secondary N) is 1. The van der Waals surface area contributed by atoms with Gasteiger partial charge in [0.05, 0.1) is 18.6 Å². The molecule has 1 atom stereocenters. The molecule has 1 aliphatic rings. The van der Waals surface area contributed by atoms with Crippen molar-refractivity contribution in [3.05, 3.63) is 94.5 Å². The molecule has 44 heavy (non-hydrogen) atoms. The van der Waals surface area contributed by atoms with Gasteiger partial charge in [0.1, 0.15) is 11.8 Å². The Hall–Kier alpha value is -3.37. The fraction of sp³-hybridized carbons (Fsp3) is 0.412. The molecule has 1 N–H and O–H groups in total. The third-order valence-corrected chi connectivity index (χ3v) is 9.53. The lowest BCUT2D eigenvalue weighted by atomic mass is 10.0. The number of hydrogen-bond donors (Lipinski definition) is 1. The molecule has 236 valence electrons. The zero-order valence-corrected chi connectivity index (χ0v) is 27.9. The van der Waals surface area contributed by atoms with Crippen LogP contribution in [0.1, 0.15) is 56.6 Å². The normalized spacial score (nSPS) is 14.2. The van der Waals surface area contributed by atoms with Gasteiger partial charge in [0.2, 0.25) is 21.8 Å². The smallest absolute Gasteiger partial charge is 0.243 e. The minimum Gasteiger partial charge on any atom is -0.492 e. The van der Waals surface area contributed by atoms with E-state index >= 15 is 0 Å². The topological polar surface area (TPSA) is 96.0 Å². The van der Waals surface area contributed by atoms with Crippen molar-refractivity contribution in [2.45, 2.75) is 70.5 Å². The van der Waals surface area contributed by atoms with Gasteiger partial charge in [0.25, 0.3) is 0 Å². The summed E-state index contributed by atoms with van der Waals surface area (Å²) < 4.78 is 33.6. The Balaban J connectivity index is 1.59. The molecule has 0 bridgehead atoms. The lowest BCUT2D eigenvalue weighted by molar-refractivity contribution is -0.141. The van der Waals surface area contributed by atoms with Crippen molar-refractivity contribution >= 4 is 43.5 Å². The van der Waals surface area contributed by atoms with Crippen LogP contribution in [0.4, 0.5) is 5.69 Å². The maximum Gasteiger partial charge on any atom is 0.243 e. The molecule has 3 aromatic carbocycles. The first-order chi connectivity index (χ1) is 21.2. The number of benzene rings is 3. The summed E-state index contributed by atoms with van der Waals surface area (Å²) >= 11 is 3.48. The second-order valence-corrected chi connectivity index (χ2v) is 14.0. The Bertz CT molecular complexity index is 1480. The molecular formula is C34H42BrN3O5S. The molecule has 0 unspecified atom stereocenters. The van der Waals surface area contributed by atoms with Crippen molar-refractivity contribution in [3.8, 4) is 5.75 Å². The summed E-state index contributed by atoms with van der Waals surface area (Å²) in [7, 11) is -3.65. The van der Waals surface area contributed by atoms with E-state index in [0.29, 0.717) is 24.5 Å². The highest BCUT2D eigenvalue weighted by molar-refractivity contribution is 9.10. The van der Waals surface area contributed by atoms with Gasteiger partial charge >= 0.3 is 0 Å². The lowest BCUT2D eigenvalue weighted by Crippen LogP contribution is -2.52. The molecule has 10 heteroatoms. The van der Waals surface area contributed by atoms with Gasteiger partial charge in [-0.3, -0.25) is 13.9 Å². The van der Waals surface area contributed by atoms with Crippen LogP contribution in [-0.4, -0.2) is 56.6 Å². The average molecular weight is 685 g/mol. The highest BCUT2D eigenvalue weighted by atomic mass is 79.9. The monoisotopic (exact) mass is 683 g/mol. The zero-order valence-electron chi connectivity index (χ0n) is 25.5. The van der Waals surface area contributed by atoms with E-state index < -0.39 is 16.1 Å². The quantitative estimate of drug-likeness (QED) is 0.209. The summed E-state index contributed by atoms with van der Waals surface area (Å²) in [6, 6.07) is 23.8. The number of anilines is 1. The number of hydrogen-bond acceptors (Lipinski definition) is 5. The van der Waals surface area contributed by atoms with E-state index in [2.05, 4.69) is 21.2 Å². The summed E-state index contributed by atoms with van der Waals surface area (Å²) in [6.45, 7) is 2.59. The van der Waals surface area contributed by atoms with Gasteiger partial charge in [0.15, 0.2) is 0 Å². The number of para-hydroxylation sites is 2. The second-order valence-electron chi connectivity index (χ2n) is 11.2. The zero-order chi connectivity index (χ0) is 31.5. The first-order valence-electron chi connectivity index (χ1n) is 15.2. The van der Waals surface area contributed by atoms with Crippen LogP contribution in [0.5, 0.6) is 5.75 Å².